The van der Waals surface area contributed by atoms with Crippen LogP contribution in [-0.2, 0) is 34.0 Å². The number of ether oxygens (including phenoxy) is 1. The van der Waals surface area contributed by atoms with E-state index in [1.54, 1.807) is 12.1 Å². The first-order chi connectivity index (χ1) is 13.3. The third-order valence-corrected chi connectivity index (χ3v) is 6.15. The maximum Gasteiger partial charge on any atom is 0.417 e. The Morgan fingerprint density at radius 3 is 2.25 bits per heavy atom. The van der Waals surface area contributed by atoms with Gasteiger partial charge in [-0.15, -0.1) is 0 Å². The third-order valence-electron chi connectivity index (χ3n) is 4.69. The van der Waals surface area contributed by atoms with E-state index >= 15 is 0 Å². The fourth-order valence-electron chi connectivity index (χ4n) is 3.19. The molecule has 0 saturated carbocycles. The van der Waals surface area contributed by atoms with Gasteiger partial charge in [-0.1, -0.05) is 36.4 Å². The van der Waals surface area contributed by atoms with E-state index in [0.29, 0.717) is 19.8 Å². The lowest BCUT2D eigenvalue weighted by molar-refractivity contribution is -0.921. The number of hydrogen-bond acceptors (Lipinski definition) is 3. The Morgan fingerprint density at radius 1 is 0.964 bits per heavy atom. The molecule has 152 valence electrons. The first-order valence-corrected chi connectivity index (χ1v) is 10.4. The van der Waals surface area contributed by atoms with Crippen molar-refractivity contribution in [1.82, 2.24) is 4.72 Å². The Kier molecular flexibility index (Phi) is 6.39. The molecule has 28 heavy (non-hydrogen) atoms. The maximum absolute atomic E-state index is 13.2. The number of nitrogens with one attached hydrogen (secondary N) is 2. The lowest BCUT2D eigenvalue weighted by atomic mass is 10.1. The van der Waals surface area contributed by atoms with Crippen molar-refractivity contribution in [1.29, 1.82) is 0 Å². The summed E-state index contributed by atoms with van der Waals surface area (Å²) < 4.78 is 72.2. The molecule has 0 spiro atoms. The Hall–Kier alpha value is -1.94. The summed E-state index contributed by atoms with van der Waals surface area (Å²) in [5.74, 6) is 0. The summed E-state index contributed by atoms with van der Waals surface area (Å²) in [6, 6.07) is 11.5. The maximum atomic E-state index is 13.2. The number of rotatable bonds is 6. The van der Waals surface area contributed by atoms with Crippen LogP contribution >= 0.6 is 0 Å². The van der Waals surface area contributed by atoms with Crippen molar-refractivity contribution >= 4 is 10.0 Å². The molecular formula is C19H22F3N2O3S+. The Labute approximate surface area is 162 Å². The second-order valence-electron chi connectivity index (χ2n) is 6.63. The van der Waals surface area contributed by atoms with Crippen molar-refractivity contribution < 1.29 is 31.2 Å². The highest BCUT2D eigenvalue weighted by Gasteiger charge is 2.36. The average molecular weight is 415 g/mol. The highest BCUT2D eigenvalue weighted by atomic mass is 32.2. The zero-order valence-electron chi connectivity index (χ0n) is 15.1. The smallest absolute Gasteiger partial charge is 0.370 e. The number of quaternary nitrogens is 1. The van der Waals surface area contributed by atoms with Crippen LogP contribution in [0.1, 0.15) is 16.7 Å². The van der Waals surface area contributed by atoms with Gasteiger partial charge in [0.25, 0.3) is 0 Å². The van der Waals surface area contributed by atoms with E-state index in [-0.39, 0.29) is 6.54 Å². The van der Waals surface area contributed by atoms with E-state index in [1.807, 2.05) is 12.1 Å². The first kappa shape index (κ1) is 20.8. The summed E-state index contributed by atoms with van der Waals surface area (Å²) in [7, 11) is -4.32. The first-order valence-electron chi connectivity index (χ1n) is 8.91. The summed E-state index contributed by atoms with van der Waals surface area (Å²) in [4.78, 5) is 0.558. The lowest BCUT2D eigenvalue weighted by Crippen LogP contribution is -3.12. The van der Waals surface area contributed by atoms with Gasteiger partial charge in [-0.2, -0.15) is 13.2 Å². The molecule has 0 aliphatic carbocycles. The normalized spacial score (nSPS) is 16.2. The summed E-state index contributed by atoms with van der Waals surface area (Å²) in [6.45, 7) is 3.71. The predicted octanol–water partition coefficient (Wildman–Crippen LogP) is 1.60. The quantitative estimate of drug-likeness (QED) is 0.754. The fraction of sp³-hybridized carbons (Fsp3) is 0.368. The van der Waals surface area contributed by atoms with Gasteiger partial charge in [0.15, 0.2) is 0 Å². The molecule has 0 amide bonds. The van der Waals surface area contributed by atoms with Crippen LogP contribution < -0.4 is 9.62 Å². The van der Waals surface area contributed by atoms with Crippen LogP contribution in [0, 0.1) is 0 Å². The van der Waals surface area contributed by atoms with Gasteiger partial charge in [0.1, 0.15) is 19.6 Å². The molecule has 0 unspecified atom stereocenters. The minimum absolute atomic E-state index is 0.0749. The van der Waals surface area contributed by atoms with E-state index in [1.165, 1.54) is 17.0 Å². The van der Waals surface area contributed by atoms with Crippen molar-refractivity contribution in [2.75, 3.05) is 26.3 Å². The van der Waals surface area contributed by atoms with Gasteiger partial charge in [0.2, 0.25) is 10.0 Å². The molecule has 0 radical (unpaired) electrons. The van der Waals surface area contributed by atoms with Crippen LogP contribution in [-0.4, -0.2) is 34.7 Å². The molecule has 0 bridgehead atoms. The monoisotopic (exact) mass is 415 g/mol. The van der Waals surface area contributed by atoms with Crippen molar-refractivity contribution in [3.63, 3.8) is 0 Å². The van der Waals surface area contributed by atoms with Gasteiger partial charge >= 0.3 is 6.18 Å². The van der Waals surface area contributed by atoms with Crippen LogP contribution in [0.25, 0.3) is 0 Å². The molecule has 1 saturated heterocycles. The summed E-state index contributed by atoms with van der Waals surface area (Å²) in [5.41, 5.74) is 0.536. The van der Waals surface area contributed by atoms with Gasteiger partial charge in [-0.3, -0.25) is 0 Å². The van der Waals surface area contributed by atoms with Crippen LogP contribution in [0.15, 0.2) is 53.4 Å². The largest absolute Gasteiger partial charge is 0.417 e. The molecule has 9 heteroatoms. The summed E-state index contributed by atoms with van der Waals surface area (Å²) >= 11 is 0. The van der Waals surface area contributed by atoms with Crippen molar-refractivity contribution in [3.05, 3.63) is 65.2 Å². The van der Waals surface area contributed by atoms with E-state index < -0.39 is 26.7 Å². The molecule has 1 aliphatic heterocycles. The van der Waals surface area contributed by atoms with Crippen LogP contribution in [0.3, 0.4) is 0 Å². The second-order valence-corrected chi connectivity index (χ2v) is 8.36. The van der Waals surface area contributed by atoms with E-state index in [0.717, 1.165) is 36.3 Å². The van der Waals surface area contributed by atoms with Crippen molar-refractivity contribution in [2.45, 2.75) is 24.2 Å². The molecule has 1 fully saturated rings. The van der Waals surface area contributed by atoms with Crippen LogP contribution in [0.2, 0.25) is 0 Å². The van der Waals surface area contributed by atoms with Gasteiger partial charge < -0.3 is 9.64 Å². The van der Waals surface area contributed by atoms with E-state index in [2.05, 4.69) is 4.72 Å². The second kappa shape index (κ2) is 8.60. The summed E-state index contributed by atoms with van der Waals surface area (Å²) in [6.07, 6.45) is -4.75. The molecule has 3 rings (SSSR count). The zero-order chi connectivity index (χ0) is 20.2. The molecule has 0 atom stereocenters. The zero-order valence-corrected chi connectivity index (χ0v) is 15.9. The number of morpholine rings is 1. The fourth-order valence-corrected chi connectivity index (χ4v) is 4.43. The third kappa shape index (κ3) is 5.11. The molecule has 0 aromatic heterocycles. The minimum Gasteiger partial charge on any atom is -0.370 e. The standard InChI is InChI=1S/C19H21F3N2O3S/c20-19(21,22)17-7-3-4-8-18(17)28(25,26)23-13-15-5-1-2-6-16(15)14-24-9-11-27-12-10-24/h1-8,23H,9-14H2/p+1. The van der Waals surface area contributed by atoms with Crippen molar-refractivity contribution in [2.24, 2.45) is 0 Å². The van der Waals surface area contributed by atoms with Gasteiger partial charge in [0, 0.05) is 12.1 Å². The number of benzene rings is 2. The molecule has 5 nitrogen and oxygen atoms in total. The molecule has 1 heterocycles. The van der Waals surface area contributed by atoms with Gasteiger partial charge in [-0.05, 0) is 17.7 Å². The molecule has 1 aliphatic rings. The highest BCUT2D eigenvalue weighted by Crippen LogP contribution is 2.33. The molecule has 2 aromatic rings. The Morgan fingerprint density at radius 2 is 1.57 bits per heavy atom. The summed E-state index contributed by atoms with van der Waals surface area (Å²) in [5, 5.41) is 0. The van der Waals surface area contributed by atoms with Gasteiger partial charge in [0.05, 0.1) is 23.7 Å². The highest BCUT2D eigenvalue weighted by molar-refractivity contribution is 7.89. The number of halogens is 3. The number of hydrogen-bond donors (Lipinski definition) is 2. The Balaban J connectivity index is 1.77. The number of alkyl halides is 3. The SMILES string of the molecule is O=S(=O)(NCc1ccccc1C[NH+]1CCOCC1)c1ccccc1C(F)(F)F. The number of sulfonamides is 1. The van der Waals surface area contributed by atoms with Crippen LogP contribution in [0.5, 0.6) is 0 Å². The Bertz CT molecular complexity index is 911. The van der Waals surface area contributed by atoms with Gasteiger partial charge in [-0.25, -0.2) is 13.1 Å². The minimum atomic E-state index is -4.75. The lowest BCUT2D eigenvalue weighted by Gasteiger charge is -2.24. The van der Waals surface area contributed by atoms with Crippen molar-refractivity contribution in [3.8, 4) is 0 Å². The molecule has 2 N–H and O–H groups in total. The predicted molar refractivity (Wildman–Crippen MR) is 97.1 cm³/mol. The van der Waals surface area contributed by atoms with E-state index in [4.69, 9.17) is 4.74 Å². The van der Waals surface area contributed by atoms with E-state index in [9.17, 15) is 21.6 Å². The van der Waals surface area contributed by atoms with Crippen LogP contribution in [0.4, 0.5) is 13.2 Å². The molecule has 2 aromatic carbocycles. The molecular weight excluding hydrogens is 393 g/mol. The topological polar surface area (TPSA) is 59.8 Å². The average Bonchev–Trinajstić information content (AvgIpc) is 2.67.